The minimum atomic E-state index is -0.0963. The van der Waals surface area contributed by atoms with Crippen LogP contribution >= 0.6 is 0 Å². The number of piperidine rings is 1. The van der Waals surface area contributed by atoms with E-state index in [1.165, 1.54) is 57.3 Å². The van der Waals surface area contributed by atoms with Gasteiger partial charge in [0.05, 0.1) is 0 Å². The number of rotatable bonds is 7. The van der Waals surface area contributed by atoms with E-state index in [1.54, 1.807) is 6.07 Å². The number of nitrogens with zero attached hydrogens (tertiary/aromatic N) is 2. The Balaban J connectivity index is 1.32. The third-order valence-electron chi connectivity index (χ3n) is 7.36. The van der Waals surface area contributed by atoms with E-state index < -0.39 is 0 Å². The summed E-state index contributed by atoms with van der Waals surface area (Å²) in [5, 5.41) is 0. The van der Waals surface area contributed by atoms with Crippen molar-refractivity contribution in [1.82, 2.24) is 9.80 Å². The normalized spacial score (nSPS) is 21.4. The molecule has 162 valence electrons. The van der Waals surface area contributed by atoms with Crippen molar-refractivity contribution in [2.24, 2.45) is 5.92 Å². The molecule has 0 saturated carbocycles. The Bertz CT molecular complexity index is 808. The summed E-state index contributed by atoms with van der Waals surface area (Å²) in [4.78, 5) is 4.95. The first-order valence-electron chi connectivity index (χ1n) is 11.9. The number of benzene rings is 2. The molecule has 0 spiro atoms. The average molecular weight is 409 g/mol. The molecule has 0 bridgehead atoms. The molecule has 0 N–H and O–H groups in total. The third-order valence-corrected chi connectivity index (χ3v) is 7.36. The maximum Gasteiger partial charge on any atom is 0.131 e. The van der Waals surface area contributed by atoms with Gasteiger partial charge in [-0.2, -0.15) is 0 Å². The Morgan fingerprint density at radius 3 is 2.30 bits per heavy atom. The second-order valence-corrected chi connectivity index (χ2v) is 9.57. The summed E-state index contributed by atoms with van der Waals surface area (Å²) in [6, 6.07) is 15.0. The lowest BCUT2D eigenvalue weighted by atomic mass is 9.90. The van der Waals surface area contributed by atoms with E-state index in [9.17, 15) is 4.39 Å². The summed E-state index contributed by atoms with van der Waals surface area (Å²) in [5.74, 6) is 0.760. The second kappa shape index (κ2) is 10.1. The first-order valence-corrected chi connectivity index (χ1v) is 11.9. The highest BCUT2D eigenvalue weighted by atomic mass is 19.1. The van der Waals surface area contributed by atoms with Crippen molar-refractivity contribution < 1.29 is 4.39 Å². The highest BCUT2D eigenvalue weighted by molar-refractivity contribution is 5.64. The lowest BCUT2D eigenvalue weighted by Crippen LogP contribution is -2.30. The van der Waals surface area contributed by atoms with Gasteiger partial charge in [-0.05, 0) is 107 Å². The Hall–Kier alpha value is -1.71. The van der Waals surface area contributed by atoms with Crippen molar-refractivity contribution in [1.29, 1.82) is 0 Å². The maximum atomic E-state index is 14.8. The van der Waals surface area contributed by atoms with Crippen LogP contribution in [0.2, 0.25) is 0 Å². The van der Waals surface area contributed by atoms with Gasteiger partial charge in [0, 0.05) is 18.2 Å². The van der Waals surface area contributed by atoms with Crippen LogP contribution in [0.4, 0.5) is 4.39 Å². The zero-order valence-corrected chi connectivity index (χ0v) is 18.7. The Kier molecular flexibility index (Phi) is 7.22. The molecule has 2 fully saturated rings. The van der Waals surface area contributed by atoms with Crippen molar-refractivity contribution in [3.8, 4) is 11.1 Å². The molecule has 0 aliphatic carbocycles. The van der Waals surface area contributed by atoms with Crippen LogP contribution in [-0.4, -0.2) is 49.1 Å². The fraction of sp³-hybridized carbons (Fsp3) is 0.556. The first kappa shape index (κ1) is 21.5. The molecule has 0 amide bonds. The molecule has 4 rings (SSSR count). The highest BCUT2D eigenvalue weighted by Gasteiger charge is 2.19. The molecule has 2 heterocycles. The maximum absolute atomic E-state index is 14.8. The van der Waals surface area contributed by atoms with E-state index in [2.05, 4.69) is 54.1 Å². The smallest absolute Gasteiger partial charge is 0.131 e. The summed E-state index contributed by atoms with van der Waals surface area (Å²) in [5.41, 5.74) is 4.17. The van der Waals surface area contributed by atoms with Gasteiger partial charge in [-0.3, -0.25) is 0 Å². The van der Waals surface area contributed by atoms with E-state index in [4.69, 9.17) is 0 Å². The summed E-state index contributed by atoms with van der Waals surface area (Å²) < 4.78 is 14.8. The number of likely N-dealkylation sites (tertiary alicyclic amines) is 2. The van der Waals surface area contributed by atoms with Crippen molar-refractivity contribution >= 4 is 0 Å². The number of halogens is 1. The van der Waals surface area contributed by atoms with Crippen molar-refractivity contribution in [3.05, 3.63) is 59.4 Å². The predicted octanol–water partition coefficient (Wildman–Crippen LogP) is 5.79. The molecule has 30 heavy (non-hydrogen) atoms. The van der Waals surface area contributed by atoms with Gasteiger partial charge in [0.15, 0.2) is 0 Å². The van der Waals surface area contributed by atoms with Crippen LogP contribution in [0.25, 0.3) is 11.1 Å². The molecule has 2 aliphatic heterocycles. The Labute approximate surface area is 182 Å². The summed E-state index contributed by atoms with van der Waals surface area (Å²) in [6.07, 6.45) is 8.56. The lowest BCUT2D eigenvalue weighted by Gasteiger charge is -2.28. The molecule has 2 nitrogen and oxygen atoms in total. The molecule has 2 aliphatic rings. The standard InChI is InChI=1S/C27H37FN2/c1-21-4-3-16-30(21)19-15-24-9-12-26(27(28)20-24)25-10-7-22(8-11-25)5-6-23-13-17-29(2)18-14-23/h7-12,20-21,23H,3-6,13-19H2,1-2H3. The fourth-order valence-electron chi connectivity index (χ4n) is 5.12. The molecule has 2 aromatic rings. The summed E-state index contributed by atoms with van der Waals surface area (Å²) >= 11 is 0. The van der Waals surface area contributed by atoms with Crippen LogP contribution in [-0.2, 0) is 12.8 Å². The number of hydrogen-bond donors (Lipinski definition) is 0. The topological polar surface area (TPSA) is 6.48 Å². The Morgan fingerprint density at radius 1 is 0.900 bits per heavy atom. The minimum absolute atomic E-state index is 0.0963. The molecule has 2 aromatic carbocycles. The Morgan fingerprint density at radius 2 is 1.63 bits per heavy atom. The van der Waals surface area contributed by atoms with Crippen molar-refractivity contribution in [2.75, 3.05) is 33.2 Å². The fourth-order valence-corrected chi connectivity index (χ4v) is 5.12. The summed E-state index contributed by atoms with van der Waals surface area (Å²) in [7, 11) is 2.22. The molecule has 0 aromatic heterocycles. The van der Waals surface area contributed by atoms with Gasteiger partial charge in [-0.15, -0.1) is 0 Å². The van der Waals surface area contributed by atoms with Crippen molar-refractivity contribution in [3.63, 3.8) is 0 Å². The van der Waals surface area contributed by atoms with Crippen LogP contribution in [0.15, 0.2) is 42.5 Å². The van der Waals surface area contributed by atoms with Gasteiger partial charge >= 0.3 is 0 Å². The third kappa shape index (κ3) is 5.50. The second-order valence-electron chi connectivity index (χ2n) is 9.57. The van der Waals surface area contributed by atoms with E-state index in [1.807, 2.05) is 6.07 Å². The quantitative estimate of drug-likeness (QED) is 0.572. The largest absolute Gasteiger partial charge is 0.306 e. The van der Waals surface area contributed by atoms with Crippen molar-refractivity contribution in [2.45, 2.75) is 57.9 Å². The average Bonchev–Trinajstić information content (AvgIpc) is 3.17. The molecule has 3 heteroatoms. The molecule has 2 saturated heterocycles. The first-order chi connectivity index (χ1) is 14.6. The number of aryl methyl sites for hydroxylation is 1. The SMILES string of the molecule is CC1CCCN1CCc1ccc(-c2ccc(CCC3CCN(C)CC3)cc2)c(F)c1. The van der Waals surface area contributed by atoms with E-state index in [0.717, 1.165) is 42.0 Å². The van der Waals surface area contributed by atoms with E-state index in [0.29, 0.717) is 6.04 Å². The van der Waals surface area contributed by atoms with Crippen LogP contribution in [0.3, 0.4) is 0 Å². The van der Waals surface area contributed by atoms with Gasteiger partial charge < -0.3 is 9.80 Å². The van der Waals surface area contributed by atoms with Gasteiger partial charge in [0.1, 0.15) is 5.82 Å². The highest BCUT2D eigenvalue weighted by Crippen LogP contribution is 2.26. The van der Waals surface area contributed by atoms with Crippen LogP contribution < -0.4 is 0 Å². The zero-order valence-electron chi connectivity index (χ0n) is 18.7. The predicted molar refractivity (Wildman–Crippen MR) is 124 cm³/mol. The monoisotopic (exact) mass is 408 g/mol. The molecule has 1 atom stereocenters. The lowest BCUT2D eigenvalue weighted by molar-refractivity contribution is 0.212. The van der Waals surface area contributed by atoms with Crippen LogP contribution in [0.5, 0.6) is 0 Å². The molecule has 1 unspecified atom stereocenters. The zero-order chi connectivity index (χ0) is 20.9. The van der Waals surface area contributed by atoms with Crippen LogP contribution in [0.1, 0.15) is 50.2 Å². The van der Waals surface area contributed by atoms with E-state index in [-0.39, 0.29) is 5.82 Å². The van der Waals surface area contributed by atoms with Gasteiger partial charge in [-0.1, -0.05) is 36.4 Å². The van der Waals surface area contributed by atoms with Gasteiger partial charge in [-0.25, -0.2) is 4.39 Å². The molecule has 0 radical (unpaired) electrons. The molecular formula is C27H37FN2. The minimum Gasteiger partial charge on any atom is -0.306 e. The van der Waals surface area contributed by atoms with Crippen LogP contribution in [0, 0.1) is 11.7 Å². The summed E-state index contributed by atoms with van der Waals surface area (Å²) in [6.45, 7) is 6.98. The van der Waals surface area contributed by atoms with E-state index >= 15 is 0 Å². The van der Waals surface area contributed by atoms with Gasteiger partial charge in [0.2, 0.25) is 0 Å². The number of hydrogen-bond acceptors (Lipinski definition) is 2. The van der Waals surface area contributed by atoms with Gasteiger partial charge in [0.25, 0.3) is 0 Å². The molecular weight excluding hydrogens is 371 g/mol.